The van der Waals surface area contributed by atoms with E-state index in [2.05, 4.69) is 16.0 Å². The largest absolute Gasteiger partial charge is 0.355 e. The number of alkyl halides is 1. The predicted molar refractivity (Wildman–Crippen MR) is 55.4 cm³/mol. The van der Waals surface area contributed by atoms with Crippen LogP contribution in [-0.2, 0) is 14.4 Å². The van der Waals surface area contributed by atoms with Crippen molar-refractivity contribution in [3.05, 3.63) is 0 Å². The van der Waals surface area contributed by atoms with Crippen molar-refractivity contribution in [1.29, 1.82) is 0 Å². The topological polar surface area (TPSA) is 87.3 Å². The third-order valence-electron chi connectivity index (χ3n) is 1.37. The molecule has 0 unspecified atom stereocenters. The van der Waals surface area contributed by atoms with Gasteiger partial charge in [0.2, 0.25) is 5.91 Å². The molecule has 0 aliphatic carbocycles. The number of rotatable bonds is 5. The Hall–Kier alpha value is -1.30. The van der Waals surface area contributed by atoms with Gasteiger partial charge in [0, 0.05) is 32.4 Å². The molecule has 0 bridgehead atoms. The molecule has 0 atom stereocenters. The fraction of sp³-hybridized carbons (Fsp3) is 0.625. The summed E-state index contributed by atoms with van der Waals surface area (Å²) in [6, 6.07) is 0. The Balaban J connectivity index is 3.55. The average Bonchev–Trinajstić information content (AvgIpc) is 2.20. The van der Waals surface area contributed by atoms with Crippen molar-refractivity contribution in [3.63, 3.8) is 0 Å². The highest BCUT2D eigenvalue weighted by atomic mass is 35.5. The molecule has 0 heterocycles. The summed E-state index contributed by atoms with van der Waals surface area (Å²) in [5.74, 6) is -1.38. The molecule has 0 radical (unpaired) electrons. The van der Waals surface area contributed by atoms with Crippen molar-refractivity contribution in [3.8, 4) is 0 Å². The maximum Gasteiger partial charge on any atom is 0.309 e. The van der Waals surface area contributed by atoms with E-state index in [1.54, 1.807) is 0 Å². The lowest BCUT2D eigenvalue weighted by Gasteiger charge is -2.05. The second-order valence-corrected chi connectivity index (χ2v) is 3.06. The van der Waals surface area contributed by atoms with Crippen LogP contribution in [0.2, 0.25) is 0 Å². The number of carbonyl (C=O) groups is 3. The molecule has 0 fully saturated rings. The van der Waals surface area contributed by atoms with Gasteiger partial charge in [-0.25, -0.2) is 0 Å². The molecule has 7 heteroatoms. The minimum Gasteiger partial charge on any atom is -0.355 e. The van der Waals surface area contributed by atoms with Crippen LogP contribution in [0, 0.1) is 0 Å². The van der Waals surface area contributed by atoms with Gasteiger partial charge in [0.1, 0.15) is 0 Å². The van der Waals surface area contributed by atoms with Gasteiger partial charge < -0.3 is 16.0 Å². The second kappa shape index (κ2) is 8.05. The van der Waals surface area contributed by atoms with Crippen molar-refractivity contribution in [1.82, 2.24) is 16.0 Å². The van der Waals surface area contributed by atoms with E-state index in [1.807, 2.05) is 0 Å². The Kier molecular flexibility index (Phi) is 7.35. The summed E-state index contributed by atoms with van der Waals surface area (Å²) in [5, 5.41) is 7.13. The Morgan fingerprint density at radius 3 is 1.87 bits per heavy atom. The SMILES string of the molecule is CC(=O)NCCNC(=O)C(=O)NCCCl. The van der Waals surface area contributed by atoms with E-state index in [4.69, 9.17) is 11.6 Å². The maximum atomic E-state index is 11.0. The Morgan fingerprint density at radius 1 is 0.933 bits per heavy atom. The Bertz CT molecular complexity index is 245. The first kappa shape index (κ1) is 13.7. The molecule has 0 aliphatic rings. The zero-order valence-electron chi connectivity index (χ0n) is 8.43. The maximum absolute atomic E-state index is 11.0. The van der Waals surface area contributed by atoms with Gasteiger partial charge in [-0.15, -0.1) is 11.6 Å². The summed E-state index contributed by atoms with van der Waals surface area (Å²) >= 11 is 5.32. The monoisotopic (exact) mass is 235 g/mol. The van der Waals surface area contributed by atoms with E-state index in [1.165, 1.54) is 6.92 Å². The first-order valence-corrected chi connectivity index (χ1v) is 4.97. The Morgan fingerprint density at radius 2 is 1.40 bits per heavy atom. The van der Waals surface area contributed by atoms with Gasteiger partial charge in [-0.3, -0.25) is 14.4 Å². The van der Waals surface area contributed by atoms with Crippen molar-refractivity contribution in [2.75, 3.05) is 25.5 Å². The highest BCUT2D eigenvalue weighted by Gasteiger charge is 2.10. The molecule has 3 N–H and O–H groups in total. The number of carbonyl (C=O) groups excluding carboxylic acids is 3. The smallest absolute Gasteiger partial charge is 0.309 e. The van der Waals surface area contributed by atoms with Crippen molar-refractivity contribution in [2.45, 2.75) is 6.92 Å². The van der Waals surface area contributed by atoms with Gasteiger partial charge in [-0.2, -0.15) is 0 Å². The third kappa shape index (κ3) is 7.75. The normalized spacial score (nSPS) is 9.20. The number of nitrogens with one attached hydrogen (secondary N) is 3. The van der Waals surface area contributed by atoms with Crippen molar-refractivity contribution in [2.24, 2.45) is 0 Å². The van der Waals surface area contributed by atoms with E-state index >= 15 is 0 Å². The molecule has 0 aromatic rings. The first-order chi connectivity index (χ1) is 7.07. The molecule has 6 nitrogen and oxygen atoms in total. The van der Waals surface area contributed by atoms with Gasteiger partial charge >= 0.3 is 11.8 Å². The van der Waals surface area contributed by atoms with Gasteiger partial charge in [0.25, 0.3) is 0 Å². The fourth-order valence-electron chi connectivity index (χ4n) is 0.736. The second-order valence-electron chi connectivity index (χ2n) is 2.68. The van der Waals surface area contributed by atoms with Crippen LogP contribution < -0.4 is 16.0 Å². The number of halogens is 1. The molecule has 0 aromatic carbocycles. The standard InChI is InChI=1S/C8H14ClN3O3/c1-6(13)10-4-5-12-8(15)7(14)11-3-2-9/h2-5H2,1H3,(H,10,13)(H,11,14)(H,12,15). The van der Waals surface area contributed by atoms with Crippen LogP contribution in [0.4, 0.5) is 0 Å². The molecular weight excluding hydrogens is 222 g/mol. The molecule has 0 spiro atoms. The first-order valence-electron chi connectivity index (χ1n) is 4.44. The zero-order chi connectivity index (χ0) is 11.7. The van der Waals surface area contributed by atoms with Crippen LogP contribution in [0.15, 0.2) is 0 Å². The Labute approximate surface area is 92.7 Å². The number of hydrogen-bond donors (Lipinski definition) is 3. The predicted octanol–water partition coefficient (Wildman–Crippen LogP) is -1.41. The van der Waals surface area contributed by atoms with Crippen LogP contribution in [-0.4, -0.2) is 43.2 Å². The van der Waals surface area contributed by atoms with Gasteiger partial charge in [-0.05, 0) is 0 Å². The molecule has 86 valence electrons. The molecule has 0 aromatic heterocycles. The molecule has 0 aliphatic heterocycles. The summed E-state index contributed by atoms with van der Waals surface area (Å²) in [7, 11) is 0. The van der Waals surface area contributed by atoms with Crippen LogP contribution in [0.25, 0.3) is 0 Å². The summed E-state index contributed by atoms with van der Waals surface area (Å²) in [6.45, 7) is 2.13. The van der Waals surface area contributed by atoms with Crippen LogP contribution in [0.5, 0.6) is 0 Å². The minimum atomic E-state index is -0.731. The highest BCUT2D eigenvalue weighted by Crippen LogP contribution is 1.72. The van der Waals surface area contributed by atoms with Crippen LogP contribution in [0.3, 0.4) is 0 Å². The highest BCUT2D eigenvalue weighted by molar-refractivity contribution is 6.35. The quantitative estimate of drug-likeness (QED) is 0.311. The zero-order valence-corrected chi connectivity index (χ0v) is 9.19. The summed E-state index contributed by atoms with van der Waals surface area (Å²) < 4.78 is 0. The fourth-order valence-corrected chi connectivity index (χ4v) is 0.830. The lowest BCUT2D eigenvalue weighted by atomic mass is 10.5. The van der Waals surface area contributed by atoms with E-state index in [9.17, 15) is 14.4 Å². The molecular formula is C8H14ClN3O3. The molecule has 0 rings (SSSR count). The number of amides is 3. The summed E-state index contributed by atoms with van der Waals surface area (Å²) in [4.78, 5) is 32.4. The molecule has 15 heavy (non-hydrogen) atoms. The van der Waals surface area contributed by atoms with Crippen LogP contribution in [0.1, 0.15) is 6.92 Å². The summed E-state index contributed by atoms with van der Waals surface area (Å²) in [6.07, 6.45) is 0. The van der Waals surface area contributed by atoms with Gasteiger partial charge in [-0.1, -0.05) is 0 Å². The number of hydrogen-bond acceptors (Lipinski definition) is 3. The lowest BCUT2D eigenvalue weighted by molar-refractivity contribution is -0.139. The lowest BCUT2D eigenvalue weighted by Crippen LogP contribution is -2.43. The van der Waals surface area contributed by atoms with Crippen molar-refractivity contribution < 1.29 is 14.4 Å². The van der Waals surface area contributed by atoms with E-state index < -0.39 is 11.8 Å². The van der Waals surface area contributed by atoms with E-state index in [0.717, 1.165) is 0 Å². The average molecular weight is 236 g/mol. The van der Waals surface area contributed by atoms with Gasteiger partial charge in [0.15, 0.2) is 0 Å². The van der Waals surface area contributed by atoms with E-state index in [0.29, 0.717) is 6.54 Å². The van der Waals surface area contributed by atoms with Crippen molar-refractivity contribution >= 4 is 29.3 Å². The molecule has 3 amide bonds. The summed E-state index contributed by atoms with van der Waals surface area (Å²) in [5.41, 5.74) is 0. The van der Waals surface area contributed by atoms with E-state index in [-0.39, 0.29) is 24.9 Å². The molecule has 0 saturated heterocycles. The van der Waals surface area contributed by atoms with Gasteiger partial charge in [0.05, 0.1) is 0 Å². The molecule has 0 saturated carbocycles. The minimum absolute atomic E-state index is 0.184. The van der Waals surface area contributed by atoms with Crippen LogP contribution >= 0.6 is 11.6 Å². The third-order valence-corrected chi connectivity index (χ3v) is 1.56.